The Bertz CT molecular complexity index is 1180. The highest BCUT2D eigenvalue weighted by molar-refractivity contribution is 7.16. The van der Waals surface area contributed by atoms with Crippen molar-refractivity contribution in [2.24, 2.45) is 5.92 Å². The maximum Gasteiger partial charge on any atom is 0.176 e. The average Bonchev–Trinajstić information content (AvgIpc) is 2.94. The van der Waals surface area contributed by atoms with Crippen LogP contribution < -0.4 is 15.6 Å². The number of rotatable bonds is 4. The molecule has 0 bridgehead atoms. The third kappa shape index (κ3) is 3.36. The first-order chi connectivity index (χ1) is 14.8. The molecule has 3 aromatic rings. The van der Waals surface area contributed by atoms with Crippen LogP contribution in [-0.2, 0) is 0 Å². The summed E-state index contributed by atoms with van der Waals surface area (Å²) in [4.78, 5) is 0. The highest BCUT2D eigenvalue weighted by Crippen LogP contribution is 2.41. The van der Waals surface area contributed by atoms with Gasteiger partial charge in [0.2, 0.25) is 0 Å². The van der Waals surface area contributed by atoms with Crippen molar-refractivity contribution in [1.29, 1.82) is 0 Å². The molecule has 1 heteroatoms. The Morgan fingerprint density at radius 2 is 1.19 bits per heavy atom. The van der Waals surface area contributed by atoms with Gasteiger partial charge >= 0.3 is 0 Å². The fourth-order valence-corrected chi connectivity index (χ4v) is 11.9. The van der Waals surface area contributed by atoms with Gasteiger partial charge in [0.1, 0.15) is 0 Å². The standard InChI is InChI=1S/C30H34Si/c1-20-17-21(2)19-28(18-20)31(27-14-9-8-10-15-27,29-16-12-11-13-22(29)3)30-25(6)23(4)24(5)26(30)7/h8-19,25H,1-7H3. The van der Waals surface area contributed by atoms with E-state index in [4.69, 9.17) is 0 Å². The second kappa shape index (κ2) is 8.13. The van der Waals surface area contributed by atoms with Crippen LogP contribution >= 0.6 is 0 Å². The molecule has 0 saturated carbocycles. The summed E-state index contributed by atoms with van der Waals surface area (Å²) in [5.41, 5.74) is 8.60. The average molecular weight is 423 g/mol. The zero-order valence-electron chi connectivity index (χ0n) is 20.0. The first-order valence-corrected chi connectivity index (χ1v) is 13.4. The Hall–Kier alpha value is -2.64. The maximum absolute atomic E-state index is 2.47. The molecule has 158 valence electrons. The van der Waals surface area contributed by atoms with E-state index in [9.17, 15) is 0 Å². The molecule has 3 aromatic carbocycles. The highest BCUT2D eigenvalue weighted by Gasteiger charge is 2.48. The molecule has 2 atom stereocenters. The summed E-state index contributed by atoms with van der Waals surface area (Å²) in [5.74, 6) is 0.451. The second-order valence-corrected chi connectivity index (χ2v) is 13.1. The summed E-state index contributed by atoms with van der Waals surface area (Å²) in [6.07, 6.45) is 0. The third-order valence-electron chi connectivity index (χ3n) is 7.46. The molecule has 0 nitrogen and oxygen atoms in total. The van der Waals surface area contributed by atoms with Gasteiger partial charge in [0.25, 0.3) is 0 Å². The molecule has 0 amide bonds. The lowest BCUT2D eigenvalue weighted by molar-refractivity contribution is 0.851. The van der Waals surface area contributed by atoms with Crippen molar-refractivity contribution in [2.45, 2.75) is 48.5 Å². The van der Waals surface area contributed by atoms with E-state index >= 15 is 0 Å². The van der Waals surface area contributed by atoms with Gasteiger partial charge in [-0.3, -0.25) is 0 Å². The van der Waals surface area contributed by atoms with Gasteiger partial charge in [0.15, 0.2) is 8.07 Å². The second-order valence-electron chi connectivity index (χ2n) is 9.38. The minimum Gasteiger partial charge on any atom is -0.0636 e. The lowest BCUT2D eigenvalue weighted by Crippen LogP contribution is -2.70. The van der Waals surface area contributed by atoms with Gasteiger partial charge < -0.3 is 0 Å². The largest absolute Gasteiger partial charge is 0.176 e. The quantitative estimate of drug-likeness (QED) is 0.361. The zero-order valence-corrected chi connectivity index (χ0v) is 21.0. The smallest absolute Gasteiger partial charge is 0.0636 e. The molecule has 31 heavy (non-hydrogen) atoms. The first-order valence-electron chi connectivity index (χ1n) is 11.4. The predicted molar refractivity (Wildman–Crippen MR) is 138 cm³/mol. The van der Waals surface area contributed by atoms with Gasteiger partial charge in [0, 0.05) is 0 Å². The number of allylic oxidation sites excluding steroid dienone is 4. The normalized spacial score (nSPS) is 18.5. The lowest BCUT2D eigenvalue weighted by Gasteiger charge is -2.40. The predicted octanol–water partition coefficient (Wildman–Crippen LogP) is 5.92. The van der Waals surface area contributed by atoms with Crippen LogP contribution in [0.4, 0.5) is 0 Å². The van der Waals surface area contributed by atoms with Crippen molar-refractivity contribution in [3.8, 4) is 0 Å². The van der Waals surface area contributed by atoms with Gasteiger partial charge in [-0.1, -0.05) is 113 Å². The van der Waals surface area contributed by atoms with Gasteiger partial charge in [-0.05, 0) is 68.6 Å². The molecule has 4 rings (SSSR count). The fourth-order valence-electron chi connectivity index (χ4n) is 5.78. The van der Waals surface area contributed by atoms with E-state index in [1.807, 2.05) is 0 Å². The van der Waals surface area contributed by atoms with Crippen LogP contribution in [0.1, 0.15) is 44.4 Å². The molecule has 0 aromatic heterocycles. The summed E-state index contributed by atoms with van der Waals surface area (Å²) in [6, 6.07) is 27.7. The first kappa shape index (κ1) is 21.6. The van der Waals surface area contributed by atoms with Gasteiger partial charge in [0.05, 0.1) is 0 Å². The molecule has 0 saturated heterocycles. The van der Waals surface area contributed by atoms with E-state index in [1.165, 1.54) is 49.0 Å². The summed E-state index contributed by atoms with van der Waals surface area (Å²) in [6.45, 7) is 16.2. The molecule has 0 aliphatic heterocycles. The summed E-state index contributed by atoms with van der Waals surface area (Å²) in [7, 11) is -2.47. The fraction of sp³-hybridized carbons (Fsp3) is 0.267. The Labute approximate surface area is 189 Å². The van der Waals surface area contributed by atoms with Crippen LogP contribution in [0.15, 0.2) is 94.7 Å². The van der Waals surface area contributed by atoms with Crippen molar-refractivity contribution >= 4 is 23.6 Å². The number of hydrogen-bond acceptors (Lipinski definition) is 0. The Morgan fingerprint density at radius 3 is 1.74 bits per heavy atom. The minimum absolute atomic E-state index is 0.451. The Kier molecular flexibility index (Phi) is 5.66. The molecule has 0 spiro atoms. The van der Waals surface area contributed by atoms with E-state index in [0.717, 1.165) is 0 Å². The van der Waals surface area contributed by atoms with Crippen LogP contribution in [0.3, 0.4) is 0 Å². The number of benzene rings is 3. The van der Waals surface area contributed by atoms with E-state index in [1.54, 1.807) is 5.20 Å². The van der Waals surface area contributed by atoms with E-state index in [-0.39, 0.29) is 0 Å². The van der Waals surface area contributed by atoms with Gasteiger partial charge in [-0.15, -0.1) is 0 Å². The number of aryl methyl sites for hydroxylation is 3. The minimum atomic E-state index is -2.47. The summed E-state index contributed by atoms with van der Waals surface area (Å²) < 4.78 is 0. The Balaban J connectivity index is 2.23. The van der Waals surface area contributed by atoms with Crippen LogP contribution in [0.2, 0.25) is 0 Å². The monoisotopic (exact) mass is 422 g/mol. The van der Waals surface area contributed by atoms with Crippen LogP contribution in [0.25, 0.3) is 0 Å². The van der Waals surface area contributed by atoms with Crippen molar-refractivity contribution in [2.75, 3.05) is 0 Å². The molecule has 2 unspecified atom stereocenters. The van der Waals surface area contributed by atoms with Crippen molar-refractivity contribution in [1.82, 2.24) is 0 Å². The summed E-state index contributed by atoms with van der Waals surface area (Å²) in [5, 5.41) is 6.18. The molecule has 0 radical (unpaired) electrons. The molecule has 1 aliphatic carbocycles. The lowest BCUT2D eigenvalue weighted by atomic mass is 10.1. The molecular weight excluding hydrogens is 388 g/mol. The highest BCUT2D eigenvalue weighted by atomic mass is 28.3. The molecule has 0 fully saturated rings. The van der Waals surface area contributed by atoms with Gasteiger partial charge in [-0.2, -0.15) is 0 Å². The van der Waals surface area contributed by atoms with E-state index < -0.39 is 8.07 Å². The maximum atomic E-state index is 2.47. The van der Waals surface area contributed by atoms with Crippen LogP contribution in [-0.4, -0.2) is 8.07 Å². The van der Waals surface area contributed by atoms with Crippen LogP contribution in [0.5, 0.6) is 0 Å². The van der Waals surface area contributed by atoms with Crippen molar-refractivity contribution < 1.29 is 0 Å². The topological polar surface area (TPSA) is 0 Å². The Morgan fingerprint density at radius 1 is 0.613 bits per heavy atom. The summed E-state index contributed by atoms with van der Waals surface area (Å²) >= 11 is 0. The van der Waals surface area contributed by atoms with Crippen LogP contribution in [0, 0.1) is 26.7 Å². The van der Waals surface area contributed by atoms with Gasteiger partial charge in [-0.25, -0.2) is 0 Å². The SMILES string of the molecule is CC1=C(C)C(C)C([Si](c2ccccc2)(c2cc(C)cc(C)c2)c2ccccc2C)=C1C. The van der Waals surface area contributed by atoms with Crippen molar-refractivity contribution in [3.63, 3.8) is 0 Å². The molecule has 1 aliphatic rings. The molecular formula is C30H34Si. The van der Waals surface area contributed by atoms with E-state index in [2.05, 4.69) is 121 Å². The van der Waals surface area contributed by atoms with E-state index in [0.29, 0.717) is 5.92 Å². The third-order valence-corrected chi connectivity index (χ3v) is 12.8. The number of hydrogen-bond donors (Lipinski definition) is 0. The zero-order chi connectivity index (χ0) is 22.3. The van der Waals surface area contributed by atoms with Crippen molar-refractivity contribution in [3.05, 3.63) is 111 Å². The molecule has 0 heterocycles. The molecule has 0 N–H and O–H groups in total.